The summed E-state index contributed by atoms with van der Waals surface area (Å²) in [6, 6.07) is 11.2. The Bertz CT molecular complexity index is 1730. The summed E-state index contributed by atoms with van der Waals surface area (Å²) in [7, 11) is -8.34. The molecule has 0 aromatic heterocycles. The topological polar surface area (TPSA) is 187 Å². The Morgan fingerprint density at radius 3 is 2.51 bits per heavy atom. The number of allylic oxidation sites excluding steroid dienone is 5. The molecule has 0 saturated heterocycles. The summed E-state index contributed by atoms with van der Waals surface area (Å²) < 4.78 is 63.7. The maximum absolute atomic E-state index is 12.8. The molecular weight excluding hydrogens is 631 g/mol. The predicted molar refractivity (Wildman–Crippen MR) is 154 cm³/mol. The first-order chi connectivity index (χ1) is 19.9. The van der Waals surface area contributed by atoms with Crippen molar-refractivity contribution in [1.29, 1.82) is 0 Å². The Labute approximate surface area is 274 Å². The number of hydrogen-bond donors (Lipinski definition) is 2. The number of carbonyl (C=O) groups excluding carboxylic acids is 2. The molecule has 2 N–H and O–H groups in total. The number of rotatable bonds is 13. The van der Waals surface area contributed by atoms with Crippen LogP contribution in [0.5, 0.6) is 0 Å². The van der Waals surface area contributed by atoms with Gasteiger partial charge in [-0.05, 0) is 48.9 Å². The zero-order chi connectivity index (χ0) is 30.5. The van der Waals surface area contributed by atoms with Gasteiger partial charge >= 0.3 is 35.5 Å². The van der Waals surface area contributed by atoms with Gasteiger partial charge in [0.2, 0.25) is 15.6 Å². The minimum Gasteiger partial charge on any atom is -0.748 e. The third-order valence-corrected chi connectivity index (χ3v) is 9.75. The van der Waals surface area contributed by atoms with Crippen molar-refractivity contribution in [1.82, 2.24) is 0 Å². The van der Waals surface area contributed by atoms with E-state index in [9.17, 15) is 35.8 Å². The summed E-state index contributed by atoms with van der Waals surface area (Å²) in [5.74, 6) is -2.67. The maximum atomic E-state index is 12.8. The summed E-state index contributed by atoms with van der Waals surface area (Å²) in [6.07, 6.45) is 5.95. The number of carboxylic acid groups (broad SMARTS) is 1. The molecule has 0 aliphatic carbocycles. The number of carboxylic acids is 1. The van der Waals surface area contributed by atoms with E-state index in [4.69, 9.17) is 9.84 Å². The van der Waals surface area contributed by atoms with Crippen LogP contribution in [0, 0.1) is 0 Å². The molecule has 2 aromatic carbocycles. The molecule has 4 rings (SSSR count). The van der Waals surface area contributed by atoms with Crippen LogP contribution in [0.4, 0.5) is 11.4 Å². The summed E-state index contributed by atoms with van der Waals surface area (Å²) in [6.45, 7) is -0.828. The van der Waals surface area contributed by atoms with Gasteiger partial charge in [0.1, 0.15) is 18.1 Å². The van der Waals surface area contributed by atoms with Crippen LogP contribution in [-0.2, 0) is 34.3 Å². The quantitative estimate of drug-likeness (QED) is 0.161. The number of nitrogens with zero attached hydrogens (tertiary/aromatic N) is 1. The molecule has 0 bridgehead atoms. The Morgan fingerprint density at radius 1 is 1.09 bits per heavy atom. The van der Waals surface area contributed by atoms with E-state index >= 15 is 0 Å². The largest absolute Gasteiger partial charge is 1.00 e. The first-order valence-electron chi connectivity index (χ1n) is 12.4. The number of Topliss-reactive ketones (excluding diaryl/α,β-unsaturated/α-hetero) is 2. The number of ketones is 2. The number of fused-ring (bicyclic) bond motifs is 2. The summed E-state index contributed by atoms with van der Waals surface area (Å²) in [4.78, 5) is 37.3. The van der Waals surface area contributed by atoms with Crippen LogP contribution < -0.4 is 39.8 Å². The molecule has 2 aromatic rings. The molecule has 0 fully saturated rings. The third-order valence-electron chi connectivity index (χ3n) is 6.02. The second-order valence-electron chi connectivity index (χ2n) is 9.08. The van der Waals surface area contributed by atoms with Crippen LogP contribution in [0.25, 0.3) is 0 Å². The average molecular weight is 657 g/mol. The summed E-state index contributed by atoms with van der Waals surface area (Å²) in [5, 5.41) is 12.2. The van der Waals surface area contributed by atoms with E-state index in [1.807, 2.05) is 4.90 Å². The Kier molecular flexibility index (Phi) is 12.0. The minimum atomic E-state index is -4.41. The van der Waals surface area contributed by atoms with Gasteiger partial charge in [0, 0.05) is 28.4 Å². The molecule has 2 aliphatic heterocycles. The molecule has 0 amide bonds. The molecule has 0 saturated carbocycles. The van der Waals surface area contributed by atoms with Crippen molar-refractivity contribution in [2.45, 2.75) is 16.2 Å². The van der Waals surface area contributed by atoms with Gasteiger partial charge in [0.25, 0.3) is 0 Å². The minimum absolute atomic E-state index is 0. The van der Waals surface area contributed by atoms with Crippen LogP contribution in [0.3, 0.4) is 0 Å². The van der Waals surface area contributed by atoms with Gasteiger partial charge in [0.15, 0.2) is 5.78 Å². The Morgan fingerprint density at radius 2 is 1.81 bits per heavy atom. The van der Waals surface area contributed by atoms with Crippen LogP contribution in [0.1, 0.15) is 16.8 Å². The van der Waals surface area contributed by atoms with E-state index in [2.05, 4.69) is 5.32 Å². The fourth-order valence-corrected chi connectivity index (χ4v) is 7.36. The normalized spacial score (nSPS) is 17.2. The van der Waals surface area contributed by atoms with Crippen LogP contribution >= 0.6 is 11.8 Å². The SMILES string of the molecule is O=C(O)COCC(=O)CNc1ccc2c(c1)SC(=CC=CC=C1C(=O)c3ccccc3S1(=O)=O)N2CCCS(=O)(=O)[O-].[Na+]. The monoisotopic (exact) mass is 656 g/mol. The summed E-state index contributed by atoms with van der Waals surface area (Å²) in [5.41, 5.74) is 1.45. The van der Waals surface area contributed by atoms with Crippen molar-refractivity contribution in [3.8, 4) is 0 Å². The van der Waals surface area contributed by atoms with Crippen molar-refractivity contribution in [2.75, 3.05) is 42.3 Å². The van der Waals surface area contributed by atoms with Crippen LogP contribution in [0.15, 0.2) is 86.5 Å². The molecule has 0 unspecified atom stereocenters. The first kappa shape index (κ1) is 34.7. The second kappa shape index (κ2) is 14.8. The molecule has 12 nitrogen and oxygen atoms in total. The van der Waals surface area contributed by atoms with Gasteiger partial charge in [-0.2, -0.15) is 0 Å². The number of thioether (sulfide) groups is 1. The molecule has 43 heavy (non-hydrogen) atoms. The number of benzene rings is 2. The van der Waals surface area contributed by atoms with Crippen molar-refractivity contribution < 1.29 is 75.2 Å². The number of nitrogens with one attached hydrogen (secondary N) is 1. The zero-order valence-electron chi connectivity index (χ0n) is 22.9. The molecule has 0 radical (unpaired) electrons. The van der Waals surface area contributed by atoms with Gasteiger partial charge in [-0.3, -0.25) is 9.59 Å². The van der Waals surface area contributed by atoms with Crippen molar-refractivity contribution in [3.05, 3.63) is 82.3 Å². The Balaban J connectivity index is 0.00000506. The first-order valence-corrected chi connectivity index (χ1v) is 16.3. The smallest absolute Gasteiger partial charge is 0.748 e. The average Bonchev–Trinajstić information content (AvgIpc) is 3.35. The molecule has 16 heteroatoms. The van der Waals surface area contributed by atoms with E-state index in [-0.39, 0.29) is 76.8 Å². The molecule has 0 spiro atoms. The number of hydrogen-bond acceptors (Lipinski definition) is 12. The molecule has 0 atom stereocenters. The van der Waals surface area contributed by atoms with Crippen molar-refractivity contribution >= 4 is 60.6 Å². The van der Waals surface area contributed by atoms with Gasteiger partial charge in [0.05, 0.1) is 32.3 Å². The van der Waals surface area contributed by atoms with E-state index in [0.29, 0.717) is 10.7 Å². The van der Waals surface area contributed by atoms with E-state index in [1.54, 1.807) is 42.5 Å². The molecule has 2 heterocycles. The van der Waals surface area contributed by atoms with Gasteiger partial charge in [-0.25, -0.2) is 21.6 Å². The second-order valence-corrected chi connectivity index (χ2v) is 13.6. The predicted octanol–water partition coefficient (Wildman–Crippen LogP) is -0.428. The number of sulfone groups is 1. The van der Waals surface area contributed by atoms with Gasteiger partial charge in [-0.1, -0.05) is 36.0 Å². The van der Waals surface area contributed by atoms with Crippen LogP contribution in [-0.4, -0.2) is 76.1 Å². The molecular formula is C27H25N2NaO10S3. The fraction of sp³-hybridized carbons (Fsp3) is 0.222. The fourth-order valence-electron chi connectivity index (χ4n) is 4.18. The zero-order valence-corrected chi connectivity index (χ0v) is 27.3. The number of aliphatic carboxylic acids is 1. The van der Waals surface area contributed by atoms with Gasteiger partial charge in [-0.15, -0.1) is 0 Å². The van der Waals surface area contributed by atoms with Gasteiger partial charge < -0.3 is 24.6 Å². The molecule has 2 aliphatic rings. The van der Waals surface area contributed by atoms with E-state index in [1.165, 1.54) is 36.0 Å². The van der Waals surface area contributed by atoms with Crippen molar-refractivity contribution in [2.24, 2.45) is 0 Å². The maximum Gasteiger partial charge on any atom is 1.00 e. The number of anilines is 2. The van der Waals surface area contributed by atoms with E-state index < -0.39 is 44.1 Å². The third kappa shape index (κ3) is 8.89. The van der Waals surface area contributed by atoms with Crippen molar-refractivity contribution in [3.63, 3.8) is 0 Å². The van der Waals surface area contributed by atoms with Crippen LogP contribution in [0.2, 0.25) is 0 Å². The van der Waals surface area contributed by atoms with E-state index in [0.717, 1.165) is 10.6 Å². The number of ether oxygens (including phenoxy) is 1. The number of carbonyl (C=O) groups is 3. The standard InChI is InChI=1S/C27H26N2O10S3.Na/c30-19(16-39-17-26(31)32)15-28-18-10-11-21-22(14-18)40-25(29(21)12-5-13-41(34,35)36)9-4-3-8-24-27(33)20-6-1-2-7-23(20)42(24,37)38;/h1-4,6-11,14,28H,5,12-13,15-17H2,(H,31,32)(H,34,35,36);/q;+1/p-1. The molecule has 222 valence electrons. The summed E-state index contributed by atoms with van der Waals surface area (Å²) >= 11 is 1.33. The Hall–Kier alpha value is -2.76.